The third-order valence-corrected chi connectivity index (χ3v) is 2.54. The number of amides is 1. The Morgan fingerprint density at radius 1 is 1.56 bits per heavy atom. The van der Waals surface area contributed by atoms with Gasteiger partial charge < -0.3 is 14.8 Å². The SMILES string of the molecule is C=C(C)C(=O)NCC(=O)OC1C(=O)OCC1(C)C. The van der Waals surface area contributed by atoms with Crippen LogP contribution in [0.25, 0.3) is 0 Å². The molecule has 0 aromatic rings. The van der Waals surface area contributed by atoms with Crippen LogP contribution in [-0.4, -0.2) is 37.1 Å². The molecule has 1 heterocycles. The third kappa shape index (κ3) is 3.32. The summed E-state index contributed by atoms with van der Waals surface area (Å²) in [6.45, 7) is 8.40. The van der Waals surface area contributed by atoms with Gasteiger partial charge in [-0.3, -0.25) is 9.59 Å². The van der Waals surface area contributed by atoms with Crippen molar-refractivity contribution < 1.29 is 23.9 Å². The number of hydrogen-bond acceptors (Lipinski definition) is 5. The van der Waals surface area contributed by atoms with Gasteiger partial charge in [0.25, 0.3) is 0 Å². The first-order valence-electron chi connectivity index (χ1n) is 5.54. The summed E-state index contributed by atoms with van der Waals surface area (Å²) in [5, 5.41) is 2.33. The Bertz CT molecular complexity index is 399. The molecular formula is C12H17NO5. The van der Waals surface area contributed by atoms with Crippen LogP contribution in [0.15, 0.2) is 12.2 Å². The Balaban J connectivity index is 2.48. The van der Waals surface area contributed by atoms with Crippen molar-refractivity contribution in [2.24, 2.45) is 5.41 Å². The van der Waals surface area contributed by atoms with Gasteiger partial charge in [-0.05, 0) is 6.92 Å². The Labute approximate surface area is 105 Å². The van der Waals surface area contributed by atoms with E-state index in [9.17, 15) is 14.4 Å². The molecule has 6 heteroatoms. The minimum absolute atomic E-state index is 0.210. The van der Waals surface area contributed by atoms with E-state index in [0.717, 1.165) is 0 Å². The quantitative estimate of drug-likeness (QED) is 0.572. The van der Waals surface area contributed by atoms with Crippen molar-refractivity contribution >= 4 is 17.8 Å². The highest BCUT2D eigenvalue weighted by molar-refractivity contribution is 5.94. The standard InChI is InChI=1S/C12H17NO5/c1-7(2)10(15)13-5-8(14)18-9-11(16)17-6-12(9,3)4/h9H,1,5-6H2,2-4H3,(H,13,15). The van der Waals surface area contributed by atoms with E-state index in [-0.39, 0.29) is 13.2 Å². The molecule has 0 aromatic carbocycles. The van der Waals surface area contributed by atoms with E-state index < -0.39 is 29.4 Å². The lowest BCUT2D eigenvalue weighted by Gasteiger charge is -2.21. The van der Waals surface area contributed by atoms with Crippen molar-refractivity contribution in [3.05, 3.63) is 12.2 Å². The zero-order chi connectivity index (χ0) is 13.9. The molecule has 18 heavy (non-hydrogen) atoms. The number of esters is 2. The largest absolute Gasteiger partial charge is 0.462 e. The molecule has 0 aliphatic carbocycles. The van der Waals surface area contributed by atoms with Crippen molar-refractivity contribution in [3.63, 3.8) is 0 Å². The highest BCUT2D eigenvalue weighted by Crippen LogP contribution is 2.30. The number of carbonyl (C=O) groups is 3. The molecule has 1 aliphatic rings. The smallest absolute Gasteiger partial charge is 0.348 e. The fourth-order valence-corrected chi connectivity index (χ4v) is 1.41. The van der Waals surface area contributed by atoms with Crippen molar-refractivity contribution in [2.45, 2.75) is 26.9 Å². The summed E-state index contributed by atoms with van der Waals surface area (Å²) in [6, 6.07) is 0. The summed E-state index contributed by atoms with van der Waals surface area (Å²) >= 11 is 0. The summed E-state index contributed by atoms with van der Waals surface area (Å²) in [4.78, 5) is 34.0. The van der Waals surface area contributed by atoms with Gasteiger partial charge in [-0.15, -0.1) is 0 Å². The Morgan fingerprint density at radius 2 is 2.17 bits per heavy atom. The predicted molar refractivity (Wildman–Crippen MR) is 62.4 cm³/mol. The number of cyclic esters (lactones) is 1. The molecule has 1 rings (SSSR count). The number of rotatable bonds is 4. The van der Waals surface area contributed by atoms with Gasteiger partial charge in [-0.25, -0.2) is 4.79 Å². The van der Waals surface area contributed by atoms with Crippen molar-refractivity contribution in [1.29, 1.82) is 0 Å². The Hall–Kier alpha value is -1.85. The molecule has 1 atom stereocenters. The van der Waals surface area contributed by atoms with Crippen LogP contribution >= 0.6 is 0 Å². The second-order valence-corrected chi connectivity index (χ2v) is 4.93. The van der Waals surface area contributed by atoms with Crippen LogP contribution in [0.3, 0.4) is 0 Å². The lowest BCUT2D eigenvalue weighted by Crippen LogP contribution is -2.39. The zero-order valence-electron chi connectivity index (χ0n) is 10.7. The van der Waals surface area contributed by atoms with E-state index in [0.29, 0.717) is 5.57 Å². The molecule has 1 fully saturated rings. The topological polar surface area (TPSA) is 81.7 Å². The molecule has 1 aliphatic heterocycles. The van der Waals surface area contributed by atoms with Crippen LogP contribution in [0.1, 0.15) is 20.8 Å². The van der Waals surface area contributed by atoms with Crippen molar-refractivity contribution in [1.82, 2.24) is 5.32 Å². The minimum atomic E-state index is -0.924. The maximum atomic E-state index is 11.5. The van der Waals surface area contributed by atoms with Crippen LogP contribution in [0.5, 0.6) is 0 Å². The third-order valence-electron chi connectivity index (χ3n) is 2.54. The minimum Gasteiger partial charge on any atom is -0.462 e. The fraction of sp³-hybridized carbons (Fsp3) is 0.583. The van der Waals surface area contributed by atoms with Gasteiger partial charge in [0.2, 0.25) is 12.0 Å². The van der Waals surface area contributed by atoms with Crippen molar-refractivity contribution in [2.75, 3.05) is 13.2 Å². The maximum absolute atomic E-state index is 11.5. The molecule has 6 nitrogen and oxygen atoms in total. The lowest BCUT2D eigenvalue weighted by molar-refractivity contribution is -0.162. The van der Waals surface area contributed by atoms with Crippen LogP contribution in [0.2, 0.25) is 0 Å². The van der Waals surface area contributed by atoms with Gasteiger partial charge in [-0.1, -0.05) is 20.4 Å². The molecule has 1 unspecified atom stereocenters. The molecule has 0 spiro atoms. The van der Waals surface area contributed by atoms with E-state index in [4.69, 9.17) is 9.47 Å². The van der Waals surface area contributed by atoms with Crippen molar-refractivity contribution in [3.8, 4) is 0 Å². The molecule has 0 saturated carbocycles. The highest BCUT2D eigenvalue weighted by Gasteiger charge is 2.46. The number of hydrogen-bond donors (Lipinski definition) is 1. The van der Waals surface area contributed by atoms with Gasteiger partial charge >= 0.3 is 11.9 Å². The first-order chi connectivity index (χ1) is 8.24. The average Bonchev–Trinajstić information content (AvgIpc) is 2.52. The molecule has 0 radical (unpaired) electrons. The molecule has 1 N–H and O–H groups in total. The zero-order valence-corrected chi connectivity index (χ0v) is 10.7. The lowest BCUT2D eigenvalue weighted by atomic mass is 9.90. The molecule has 0 bridgehead atoms. The second-order valence-electron chi connectivity index (χ2n) is 4.93. The number of nitrogens with one attached hydrogen (secondary N) is 1. The second kappa shape index (κ2) is 5.20. The molecule has 0 aromatic heterocycles. The Kier molecular flexibility index (Phi) is 4.11. The van der Waals surface area contributed by atoms with Crippen LogP contribution in [0, 0.1) is 5.41 Å². The van der Waals surface area contributed by atoms with Crippen LogP contribution < -0.4 is 5.32 Å². The maximum Gasteiger partial charge on any atom is 0.348 e. The fourth-order valence-electron chi connectivity index (χ4n) is 1.41. The molecule has 100 valence electrons. The van der Waals surface area contributed by atoms with E-state index in [1.807, 2.05) is 0 Å². The van der Waals surface area contributed by atoms with Gasteiger partial charge in [0, 0.05) is 11.0 Å². The summed E-state index contributed by atoms with van der Waals surface area (Å²) in [5.41, 5.74) is -0.256. The summed E-state index contributed by atoms with van der Waals surface area (Å²) in [7, 11) is 0. The first kappa shape index (κ1) is 14.2. The molecule has 1 amide bonds. The van der Waals surface area contributed by atoms with Gasteiger partial charge in [0.05, 0.1) is 0 Å². The van der Waals surface area contributed by atoms with Crippen LogP contribution in [-0.2, 0) is 23.9 Å². The summed E-state index contributed by atoms with van der Waals surface area (Å²) in [6.07, 6.45) is -0.924. The van der Waals surface area contributed by atoms with Gasteiger partial charge in [-0.2, -0.15) is 0 Å². The number of carbonyl (C=O) groups excluding carboxylic acids is 3. The Morgan fingerprint density at radius 3 is 2.61 bits per heavy atom. The summed E-state index contributed by atoms with van der Waals surface area (Å²) < 4.78 is 9.84. The normalized spacial score (nSPS) is 21.1. The van der Waals surface area contributed by atoms with E-state index in [2.05, 4.69) is 11.9 Å². The van der Waals surface area contributed by atoms with E-state index in [1.54, 1.807) is 13.8 Å². The van der Waals surface area contributed by atoms with Gasteiger partial charge in [0.1, 0.15) is 13.2 Å². The van der Waals surface area contributed by atoms with E-state index >= 15 is 0 Å². The monoisotopic (exact) mass is 255 g/mol. The molecule has 1 saturated heterocycles. The summed E-state index contributed by atoms with van der Waals surface area (Å²) in [5.74, 6) is -1.67. The van der Waals surface area contributed by atoms with Gasteiger partial charge in [0.15, 0.2) is 0 Å². The molecular weight excluding hydrogens is 238 g/mol. The highest BCUT2D eigenvalue weighted by atomic mass is 16.6. The predicted octanol–water partition coefficient (Wildman–Crippen LogP) is 0.173. The average molecular weight is 255 g/mol. The number of ether oxygens (including phenoxy) is 2. The van der Waals surface area contributed by atoms with Crippen LogP contribution in [0.4, 0.5) is 0 Å². The first-order valence-corrected chi connectivity index (χ1v) is 5.54. The van der Waals surface area contributed by atoms with E-state index in [1.165, 1.54) is 6.92 Å².